The highest BCUT2D eigenvalue weighted by atomic mass is 35.5. The summed E-state index contributed by atoms with van der Waals surface area (Å²) in [5, 5.41) is 9.53. The van der Waals surface area contributed by atoms with Crippen molar-refractivity contribution in [3.63, 3.8) is 0 Å². The van der Waals surface area contributed by atoms with E-state index < -0.39 is 0 Å². The summed E-state index contributed by atoms with van der Waals surface area (Å²) in [4.78, 5) is 14.2. The Balaban J connectivity index is 1.93. The zero-order chi connectivity index (χ0) is 16.9. The Labute approximate surface area is 147 Å². The molecule has 0 spiro atoms. The van der Waals surface area contributed by atoms with Gasteiger partial charge in [-0.2, -0.15) is 5.26 Å². The molecule has 122 valence electrons. The number of benzene rings is 2. The number of carbonyl (C=O) groups excluding carboxylic acids is 1. The molecule has 2 aromatic rings. The third-order valence-corrected chi connectivity index (χ3v) is 4.81. The number of rotatable bonds is 4. The number of halogens is 1. The van der Waals surface area contributed by atoms with E-state index in [-0.39, 0.29) is 6.04 Å². The molecule has 1 saturated carbocycles. The number of hydrogen-bond donors (Lipinski definition) is 0. The Morgan fingerprint density at radius 3 is 2.67 bits per heavy atom. The van der Waals surface area contributed by atoms with Crippen molar-refractivity contribution in [3.8, 4) is 6.07 Å². The molecule has 1 unspecified atom stereocenters. The molecule has 0 bridgehead atoms. The predicted molar refractivity (Wildman–Crippen MR) is 96.1 cm³/mol. The average Bonchev–Trinajstić information content (AvgIpc) is 2.60. The smallest absolute Gasteiger partial charge is 0.134 e. The first-order chi connectivity index (χ1) is 11.7. The van der Waals surface area contributed by atoms with Crippen LogP contribution in [0.2, 0.25) is 5.02 Å². The summed E-state index contributed by atoms with van der Waals surface area (Å²) in [5.74, 6) is 0.323. The van der Waals surface area contributed by atoms with Gasteiger partial charge >= 0.3 is 0 Å². The number of nitrogens with zero attached hydrogens (tertiary/aromatic N) is 2. The van der Waals surface area contributed by atoms with Crippen molar-refractivity contribution in [2.24, 2.45) is 0 Å². The van der Waals surface area contributed by atoms with E-state index in [1.165, 1.54) is 5.56 Å². The minimum absolute atomic E-state index is 0.176. The monoisotopic (exact) mass is 338 g/mol. The van der Waals surface area contributed by atoms with Crippen molar-refractivity contribution >= 4 is 23.1 Å². The molecule has 3 nitrogen and oxygen atoms in total. The lowest BCUT2D eigenvalue weighted by Crippen LogP contribution is -2.38. The molecule has 0 saturated heterocycles. The van der Waals surface area contributed by atoms with Crippen LogP contribution in [0.3, 0.4) is 0 Å². The van der Waals surface area contributed by atoms with Gasteiger partial charge in [-0.05, 0) is 36.6 Å². The summed E-state index contributed by atoms with van der Waals surface area (Å²) in [5.41, 5.74) is 2.62. The minimum Gasteiger partial charge on any atom is -0.364 e. The van der Waals surface area contributed by atoms with Crippen LogP contribution in [0.1, 0.15) is 36.8 Å². The summed E-state index contributed by atoms with van der Waals surface area (Å²) < 4.78 is 0. The van der Waals surface area contributed by atoms with Crippen molar-refractivity contribution in [2.75, 3.05) is 4.90 Å². The molecule has 1 fully saturated rings. The normalized spacial score (nSPS) is 17.3. The topological polar surface area (TPSA) is 44.1 Å². The van der Waals surface area contributed by atoms with E-state index in [9.17, 15) is 4.79 Å². The molecule has 1 aliphatic rings. The Morgan fingerprint density at radius 1 is 1.21 bits per heavy atom. The highest BCUT2D eigenvalue weighted by Crippen LogP contribution is 2.30. The van der Waals surface area contributed by atoms with Crippen LogP contribution in [-0.4, -0.2) is 11.8 Å². The molecule has 0 N–H and O–H groups in total. The summed E-state index contributed by atoms with van der Waals surface area (Å²) in [6.45, 7) is 0.723. The molecule has 4 heteroatoms. The highest BCUT2D eigenvalue weighted by molar-refractivity contribution is 6.32. The molecule has 0 aromatic heterocycles. The van der Waals surface area contributed by atoms with Gasteiger partial charge in [0.2, 0.25) is 0 Å². The molecule has 0 aliphatic heterocycles. The van der Waals surface area contributed by atoms with E-state index in [1.807, 2.05) is 30.3 Å². The fourth-order valence-electron chi connectivity index (χ4n) is 3.25. The van der Waals surface area contributed by atoms with Crippen molar-refractivity contribution in [1.29, 1.82) is 5.26 Å². The van der Waals surface area contributed by atoms with Gasteiger partial charge < -0.3 is 4.90 Å². The van der Waals surface area contributed by atoms with Gasteiger partial charge in [0.05, 0.1) is 10.6 Å². The lowest BCUT2D eigenvalue weighted by molar-refractivity contribution is -0.120. The van der Waals surface area contributed by atoms with Gasteiger partial charge in [0.15, 0.2) is 0 Å². The Kier molecular flexibility index (Phi) is 5.17. The van der Waals surface area contributed by atoms with Gasteiger partial charge in [0.1, 0.15) is 11.9 Å². The molecular formula is C20H19ClN2O. The van der Waals surface area contributed by atoms with Gasteiger partial charge in [-0.3, -0.25) is 4.79 Å². The van der Waals surface area contributed by atoms with Crippen molar-refractivity contribution in [1.82, 2.24) is 0 Å². The molecule has 3 rings (SSSR count). The van der Waals surface area contributed by atoms with Crippen molar-refractivity contribution in [2.45, 2.75) is 38.3 Å². The Bertz CT molecular complexity index is 767. The van der Waals surface area contributed by atoms with Gasteiger partial charge in [-0.15, -0.1) is 0 Å². The maximum absolute atomic E-state index is 11.9. The average molecular weight is 339 g/mol. The van der Waals surface area contributed by atoms with Crippen LogP contribution in [0, 0.1) is 11.3 Å². The fourth-order valence-corrected chi connectivity index (χ4v) is 3.47. The van der Waals surface area contributed by atoms with E-state index >= 15 is 0 Å². The summed E-state index contributed by atoms with van der Waals surface area (Å²) in [6, 6.07) is 18.0. The lowest BCUT2D eigenvalue weighted by atomic mass is 9.92. The largest absolute Gasteiger partial charge is 0.364 e. The molecule has 24 heavy (non-hydrogen) atoms. The van der Waals surface area contributed by atoms with Crippen LogP contribution in [0.5, 0.6) is 0 Å². The molecule has 0 radical (unpaired) electrons. The van der Waals surface area contributed by atoms with Crippen molar-refractivity contribution in [3.05, 3.63) is 64.7 Å². The second kappa shape index (κ2) is 7.51. The first-order valence-corrected chi connectivity index (χ1v) is 8.57. The van der Waals surface area contributed by atoms with Gasteiger partial charge in [-0.25, -0.2) is 0 Å². The number of carbonyl (C=O) groups is 1. The SMILES string of the molecule is N#Cc1ccc(N(Cc2ccccc2)C2CCCC(=O)C2)cc1Cl. The van der Waals surface area contributed by atoms with Gasteiger partial charge in [0.25, 0.3) is 0 Å². The summed E-state index contributed by atoms with van der Waals surface area (Å²) in [7, 11) is 0. The van der Waals surface area contributed by atoms with Gasteiger partial charge in [0, 0.05) is 31.1 Å². The Morgan fingerprint density at radius 2 is 2.00 bits per heavy atom. The first-order valence-electron chi connectivity index (χ1n) is 8.19. The zero-order valence-electron chi connectivity index (χ0n) is 13.4. The van der Waals surface area contributed by atoms with Crippen LogP contribution < -0.4 is 4.90 Å². The first kappa shape index (κ1) is 16.5. The van der Waals surface area contributed by atoms with E-state index in [1.54, 1.807) is 6.07 Å². The minimum atomic E-state index is 0.176. The van der Waals surface area contributed by atoms with E-state index in [0.717, 1.165) is 25.1 Å². The molecule has 1 atom stereocenters. The molecule has 0 heterocycles. The standard InChI is InChI=1S/C20H19ClN2O/c21-20-12-18(10-9-16(20)13-22)23(14-15-5-2-1-3-6-15)17-7-4-8-19(24)11-17/h1-3,5-6,9-10,12,17H,4,7-8,11,14H2. The van der Waals surface area contributed by atoms with Crippen molar-refractivity contribution < 1.29 is 4.79 Å². The Hall–Kier alpha value is -2.31. The third-order valence-electron chi connectivity index (χ3n) is 4.50. The second-order valence-electron chi connectivity index (χ2n) is 6.18. The maximum atomic E-state index is 11.9. The number of Topliss-reactive ketones (excluding diaryl/α,β-unsaturated/α-hetero) is 1. The predicted octanol–water partition coefficient (Wildman–Crippen LogP) is 4.73. The second-order valence-corrected chi connectivity index (χ2v) is 6.59. The van der Waals surface area contributed by atoms with Crippen LogP contribution in [0.4, 0.5) is 5.69 Å². The van der Waals surface area contributed by atoms with E-state index in [0.29, 0.717) is 29.2 Å². The lowest BCUT2D eigenvalue weighted by Gasteiger charge is -2.36. The number of nitriles is 1. The van der Waals surface area contributed by atoms with E-state index in [2.05, 4.69) is 23.1 Å². The van der Waals surface area contributed by atoms with Crippen LogP contribution in [0.25, 0.3) is 0 Å². The third kappa shape index (κ3) is 3.77. The van der Waals surface area contributed by atoms with Crippen LogP contribution >= 0.6 is 11.6 Å². The number of ketones is 1. The van der Waals surface area contributed by atoms with Crippen LogP contribution in [0.15, 0.2) is 48.5 Å². The maximum Gasteiger partial charge on any atom is 0.134 e. The molecule has 2 aromatic carbocycles. The molecular weight excluding hydrogens is 320 g/mol. The molecule has 1 aliphatic carbocycles. The number of hydrogen-bond acceptors (Lipinski definition) is 3. The fraction of sp³-hybridized carbons (Fsp3) is 0.300. The van der Waals surface area contributed by atoms with Crippen LogP contribution in [-0.2, 0) is 11.3 Å². The van der Waals surface area contributed by atoms with E-state index in [4.69, 9.17) is 16.9 Å². The highest BCUT2D eigenvalue weighted by Gasteiger charge is 2.26. The summed E-state index contributed by atoms with van der Waals surface area (Å²) in [6.07, 6.45) is 3.18. The zero-order valence-corrected chi connectivity index (χ0v) is 14.2. The molecule has 0 amide bonds. The quantitative estimate of drug-likeness (QED) is 0.809. The van der Waals surface area contributed by atoms with Gasteiger partial charge in [-0.1, -0.05) is 41.9 Å². The number of anilines is 1. The summed E-state index contributed by atoms with van der Waals surface area (Å²) >= 11 is 6.23.